The van der Waals surface area contributed by atoms with Gasteiger partial charge >= 0.3 is 0 Å². The van der Waals surface area contributed by atoms with Crippen molar-refractivity contribution in [2.45, 2.75) is 6.54 Å². The van der Waals surface area contributed by atoms with E-state index in [0.29, 0.717) is 17.3 Å². The average Bonchev–Trinajstić information content (AvgIpc) is 3.07. The van der Waals surface area contributed by atoms with Crippen LogP contribution in [0.3, 0.4) is 0 Å². The van der Waals surface area contributed by atoms with E-state index in [4.69, 9.17) is 11.6 Å². The Morgan fingerprint density at radius 2 is 1.88 bits per heavy atom. The topological polar surface area (TPSA) is 59.3 Å². The maximum atomic E-state index is 12.1. The van der Waals surface area contributed by atoms with Crippen LogP contribution in [0.1, 0.15) is 21.6 Å². The third-order valence-corrected chi connectivity index (χ3v) is 4.35. The number of carbonyl (C=O) groups excluding carboxylic acids is 1. The molecule has 1 amide bonds. The molecule has 0 aliphatic heterocycles. The van der Waals surface area contributed by atoms with Crippen LogP contribution in [0.15, 0.2) is 65.9 Å². The second-order valence-corrected chi connectivity index (χ2v) is 6.96. The number of carbonyl (C=O) groups is 1. The predicted octanol–water partition coefficient (Wildman–Crippen LogP) is 3.95. The quantitative estimate of drug-likeness (QED) is 0.353. The van der Waals surface area contributed by atoms with Crippen LogP contribution in [0, 0.1) is 3.57 Å². The summed E-state index contributed by atoms with van der Waals surface area (Å²) < 4.78 is 2.84. The van der Waals surface area contributed by atoms with Gasteiger partial charge in [-0.15, -0.1) is 0 Å². The van der Waals surface area contributed by atoms with Gasteiger partial charge < -0.3 is 0 Å². The van der Waals surface area contributed by atoms with Crippen molar-refractivity contribution >= 4 is 46.3 Å². The van der Waals surface area contributed by atoms with E-state index in [0.717, 1.165) is 14.7 Å². The smallest absolute Gasteiger partial charge is 0.268 e. The van der Waals surface area contributed by atoms with Crippen LogP contribution in [-0.4, -0.2) is 21.9 Å². The van der Waals surface area contributed by atoms with E-state index in [1.807, 2.05) is 48.5 Å². The molecule has 0 saturated heterocycles. The molecule has 0 fully saturated rings. The number of nitrogens with zero attached hydrogens (tertiary/aromatic N) is 3. The summed E-state index contributed by atoms with van der Waals surface area (Å²) >= 11 is 8.10. The Morgan fingerprint density at radius 1 is 1.16 bits per heavy atom. The van der Waals surface area contributed by atoms with E-state index < -0.39 is 0 Å². The standard InChI is InChI=1S/C18H14ClIN4O/c19-15-5-1-14(2-6-15)12-24-10-9-17(23-24)18(25)22-21-11-13-3-7-16(20)8-4-13/h1-11H,12H2,(H,22,25)/b21-11+. The molecule has 7 heteroatoms. The van der Waals surface area contributed by atoms with E-state index in [1.165, 1.54) is 0 Å². The molecule has 3 aromatic rings. The minimum Gasteiger partial charge on any atom is -0.268 e. The molecule has 2 aromatic carbocycles. The van der Waals surface area contributed by atoms with Crippen LogP contribution in [0.4, 0.5) is 0 Å². The zero-order valence-electron chi connectivity index (χ0n) is 13.1. The highest BCUT2D eigenvalue weighted by atomic mass is 127. The number of rotatable bonds is 5. The van der Waals surface area contributed by atoms with Crippen molar-refractivity contribution in [2.24, 2.45) is 5.10 Å². The van der Waals surface area contributed by atoms with E-state index in [-0.39, 0.29) is 5.91 Å². The number of nitrogens with one attached hydrogen (secondary N) is 1. The summed E-state index contributed by atoms with van der Waals surface area (Å²) in [4.78, 5) is 12.1. The Hall–Kier alpha value is -2.19. The molecule has 126 valence electrons. The van der Waals surface area contributed by atoms with Gasteiger partial charge in [-0.3, -0.25) is 9.48 Å². The van der Waals surface area contributed by atoms with Gasteiger partial charge in [0, 0.05) is 14.8 Å². The number of amides is 1. The minimum atomic E-state index is -0.350. The van der Waals surface area contributed by atoms with Crippen molar-refractivity contribution < 1.29 is 4.79 Å². The van der Waals surface area contributed by atoms with Crippen LogP contribution in [0.5, 0.6) is 0 Å². The normalized spacial score (nSPS) is 11.0. The molecule has 1 N–H and O–H groups in total. The first kappa shape index (κ1) is 17.6. The van der Waals surface area contributed by atoms with Gasteiger partial charge in [-0.2, -0.15) is 10.2 Å². The van der Waals surface area contributed by atoms with Gasteiger partial charge in [0.15, 0.2) is 5.69 Å². The number of hydrazone groups is 1. The van der Waals surface area contributed by atoms with Gasteiger partial charge in [-0.05, 0) is 64.0 Å². The molecule has 3 rings (SSSR count). The summed E-state index contributed by atoms with van der Waals surface area (Å²) in [5, 5.41) is 8.91. The van der Waals surface area contributed by atoms with Crippen molar-refractivity contribution in [1.82, 2.24) is 15.2 Å². The summed E-state index contributed by atoms with van der Waals surface area (Å²) in [6, 6.07) is 17.0. The lowest BCUT2D eigenvalue weighted by Crippen LogP contribution is -2.18. The molecule has 0 saturated carbocycles. The van der Waals surface area contributed by atoms with E-state index in [2.05, 4.69) is 38.2 Å². The molecular weight excluding hydrogens is 451 g/mol. The Labute approximate surface area is 163 Å². The van der Waals surface area contributed by atoms with Gasteiger partial charge in [0.2, 0.25) is 0 Å². The predicted molar refractivity (Wildman–Crippen MR) is 107 cm³/mol. The van der Waals surface area contributed by atoms with E-state index in [1.54, 1.807) is 23.2 Å². The van der Waals surface area contributed by atoms with Crippen molar-refractivity contribution in [3.63, 3.8) is 0 Å². The van der Waals surface area contributed by atoms with Gasteiger partial charge in [-0.1, -0.05) is 35.9 Å². The van der Waals surface area contributed by atoms with Crippen LogP contribution in [0.25, 0.3) is 0 Å². The molecule has 0 bridgehead atoms. The lowest BCUT2D eigenvalue weighted by atomic mass is 10.2. The largest absolute Gasteiger partial charge is 0.291 e. The zero-order valence-corrected chi connectivity index (χ0v) is 16.0. The maximum Gasteiger partial charge on any atom is 0.291 e. The van der Waals surface area contributed by atoms with Crippen LogP contribution < -0.4 is 5.43 Å². The lowest BCUT2D eigenvalue weighted by molar-refractivity contribution is 0.0949. The van der Waals surface area contributed by atoms with Crippen molar-refractivity contribution in [2.75, 3.05) is 0 Å². The highest BCUT2D eigenvalue weighted by molar-refractivity contribution is 14.1. The molecule has 25 heavy (non-hydrogen) atoms. The first-order valence-electron chi connectivity index (χ1n) is 7.47. The summed E-state index contributed by atoms with van der Waals surface area (Å²) in [6.45, 7) is 0.566. The average molecular weight is 465 g/mol. The molecule has 0 spiro atoms. The second-order valence-electron chi connectivity index (χ2n) is 5.28. The van der Waals surface area contributed by atoms with Gasteiger partial charge in [0.05, 0.1) is 12.8 Å². The lowest BCUT2D eigenvalue weighted by Gasteiger charge is -2.02. The molecule has 0 aliphatic carbocycles. The number of benzene rings is 2. The number of halogens is 2. The highest BCUT2D eigenvalue weighted by Crippen LogP contribution is 2.10. The Balaban J connectivity index is 1.58. The molecular formula is C18H14ClIN4O. The number of hydrogen-bond donors (Lipinski definition) is 1. The van der Waals surface area contributed by atoms with Gasteiger partial charge in [0.25, 0.3) is 5.91 Å². The molecule has 0 atom stereocenters. The summed E-state index contributed by atoms with van der Waals surface area (Å²) in [6.07, 6.45) is 3.35. The van der Waals surface area contributed by atoms with Gasteiger partial charge in [-0.25, -0.2) is 5.43 Å². The Morgan fingerprint density at radius 3 is 2.60 bits per heavy atom. The molecule has 1 aromatic heterocycles. The fourth-order valence-electron chi connectivity index (χ4n) is 2.12. The van der Waals surface area contributed by atoms with Crippen molar-refractivity contribution in [1.29, 1.82) is 0 Å². The SMILES string of the molecule is O=C(N/N=C/c1ccc(I)cc1)c1ccn(Cc2ccc(Cl)cc2)n1. The van der Waals surface area contributed by atoms with Crippen LogP contribution in [-0.2, 0) is 6.54 Å². The number of aromatic nitrogens is 2. The summed E-state index contributed by atoms with van der Waals surface area (Å²) in [5.74, 6) is -0.350. The molecule has 5 nitrogen and oxygen atoms in total. The summed E-state index contributed by atoms with van der Waals surface area (Å²) in [5.41, 5.74) is 4.76. The monoisotopic (exact) mass is 464 g/mol. The fourth-order valence-corrected chi connectivity index (χ4v) is 2.60. The Bertz CT molecular complexity index is 888. The second kappa shape index (κ2) is 8.26. The maximum absolute atomic E-state index is 12.1. The fraction of sp³-hybridized carbons (Fsp3) is 0.0556. The summed E-state index contributed by atoms with van der Waals surface area (Å²) in [7, 11) is 0. The first-order chi connectivity index (χ1) is 12.1. The van der Waals surface area contributed by atoms with Gasteiger partial charge in [0.1, 0.15) is 0 Å². The van der Waals surface area contributed by atoms with Crippen LogP contribution >= 0.6 is 34.2 Å². The molecule has 0 unspecified atom stereocenters. The van der Waals surface area contributed by atoms with Crippen LogP contribution in [0.2, 0.25) is 5.02 Å². The van der Waals surface area contributed by atoms with E-state index in [9.17, 15) is 4.79 Å². The van der Waals surface area contributed by atoms with E-state index >= 15 is 0 Å². The highest BCUT2D eigenvalue weighted by Gasteiger charge is 2.08. The molecule has 1 heterocycles. The number of hydrogen-bond acceptors (Lipinski definition) is 3. The van der Waals surface area contributed by atoms with Crippen molar-refractivity contribution in [3.05, 3.63) is 86.2 Å². The molecule has 0 aliphatic rings. The Kier molecular flexibility index (Phi) is 5.83. The zero-order chi connectivity index (χ0) is 17.6. The first-order valence-corrected chi connectivity index (χ1v) is 8.93. The van der Waals surface area contributed by atoms with Crippen molar-refractivity contribution in [3.8, 4) is 0 Å². The third kappa shape index (κ3) is 5.14. The molecule has 0 radical (unpaired) electrons. The third-order valence-electron chi connectivity index (χ3n) is 3.38. The minimum absolute atomic E-state index is 0.314.